The Balaban J connectivity index is 2.24. The normalized spacial score (nSPS) is 12.7. The highest BCUT2D eigenvalue weighted by atomic mass is 32.2. The number of hydrogen-bond acceptors (Lipinski definition) is 5. The summed E-state index contributed by atoms with van der Waals surface area (Å²) in [5.41, 5.74) is 0.210. The number of anilines is 1. The Labute approximate surface area is 147 Å². The minimum atomic E-state index is -3.77. The van der Waals surface area contributed by atoms with Crippen LogP contribution in [0.25, 0.3) is 0 Å². The number of sulfonamides is 1. The average Bonchev–Trinajstić information content (AvgIpc) is 3.05. The second-order valence-corrected chi connectivity index (χ2v) is 7.47. The summed E-state index contributed by atoms with van der Waals surface area (Å²) >= 11 is 0. The quantitative estimate of drug-likeness (QED) is 0.629. The minimum absolute atomic E-state index is 0.0728. The fourth-order valence-electron chi connectivity index (χ4n) is 2.44. The van der Waals surface area contributed by atoms with Crippen LogP contribution in [0.15, 0.2) is 45.9 Å². The van der Waals surface area contributed by atoms with E-state index in [1.165, 1.54) is 18.4 Å². The Morgan fingerprint density at radius 1 is 1.32 bits per heavy atom. The van der Waals surface area contributed by atoms with E-state index < -0.39 is 16.0 Å². The van der Waals surface area contributed by atoms with Gasteiger partial charge in [0, 0.05) is 11.7 Å². The van der Waals surface area contributed by atoms with Gasteiger partial charge in [0.2, 0.25) is 10.0 Å². The number of carboxylic acids is 1. The van der Waals surface area contributed by atoms with Crippen molar-refractivity contribution in [2.24, 2.45) is 0 Å². The number of hydrogen-bond donors (Lipinski definition) is 3. The molecule has 0 bridgehead atoms. The van der Waals surface area contributed by atoms with Crippen molar-refractivity contribution >= 4 is 21.7 Å². The lowest BCUT2D eigenvalue weighted by Gasteiger charge is -2.15. The molecule has 0 aliphatic heterocycles. The third-order valence-corrected chi connectivity index (χ3v) is 5.23. The van der Waals surface area contributed by atoms with Crippen LogP contribution in [-0.2, 0) is 16.6 Å². The van der Waals surface area contributed by atoms with Gasteiger partial charge in [0.15, 0.2) is 0 Å². The summed E-state index contributed by atoms with van der Waals surface area (Å²) in [5.74, 6) is -0.566. The first-order chi connectivity index (χ1) is 11.8. The van der Waals surface area contributed by atoms with Crippen LogP contribution in [0.2, 0.25) is 0 Å². The topological polar surface area (TPSA) is 109 Å². The van der Waals surface area contributed by atoms with Crippen LogP contribution in [0.4, 0.5) is 5.69 Å². The number of furan rings is 1. The van der Waals surface area contributed by atoms with Crippen LogP contribution < -0.4 is 10.0 Å². The standard InChI is InChI=1S/C17H22N2O5S/c1-3-5-12(2)19-25(22,23)14-7-8-16(15(10-14)17(20)21)18-11-13-6-4-9-24-13/h4,6-10,12,18-19H,3,5,11H2,1-2H3,(H,20,21)/t12-/m1/s1. The average molecular weight is 366 g/mol. The van der Waals surface area contributed by atoms with E-state index in [1.54, 1.807) is 19.1 Å². The molecule has 0 saturated heterocycles. The molecular formula is C17H22N2O5S. The van der Waals surface area contributed by atoms with E-state index in [2.05, 4.69) is 10.0 Å². The maximum absolute atomic E-state index is 12.4. The van der Waals surface area contributed by atoms with Gasteiger partial charge in [-0.15, -0.1) is 0 Å². The predicted molar refractivity (Wildman–Crippen MR) is 94.1 cm³/mol. The van der Waals surface area contributed by atoms with Crippen LogP contribution in [0.5, 0.6) is 0 Å². The molecule has 0 saturated carbocycles. The zero-order chi connectivity index (χ0) is 18.4. The van der Waals surface area contributed by atoms with Crippen LogP contribution >= 0.6 is 0 Å². The van der Waals surface area contributed by atoms with E-state index in [0.717, 1.165) is 12.5 Å². The molecule has 0 spiro atoms. The summed E-state index contributed by atoms with van der Waals surface area (Å²) in [7, 11) is -3.77. The summed E-state index contributed by atoms with van der Waals surface area (Å²) in [6.45, 7) is 4.04. The number of benzene rings is 1. The van der Waals surface area contributed by atoms with Gasteiger partial charge in [-0.1, -0.05) is 13.3 Å². The monoisotopic (exact) mass is 366 g/mol. The van der Waals surface area contributed by atoms with Crippen LogP contribution in [0, 0.1) is 0 Å². The Bertz CT molecular complexity index is 816. The fourth-order valence-corrected chi connectivity index (χ4v) is 3.75. The van der Waals surface area contributed by atoms with E-state index in [9.17, 15) is 18.3 Å². The summed E-state index contributed by atoms with van der Waals surface area (Å²) in [6, 6.07) is 7.26. The summed E-state index contributed by atoms with van der Waals surface area (Å²) in [4.78, 5) is 11.4. The van der Waals surface area contributed by atoms with E-state index in [-0.39, 0.29) is 16.5 Å². The first-order valence-corrected chi connectivity index (χ1v) is 9.47. The number of rotatable bonds is 9. The highest BCUT2D eigenvalue weighted by Crippen LogP contribution is 2.22. The van der Waals surface area contributed by atoms with Crippen LogP contribution in [0.3, 0.4) is 0 Å². The molecule has 2 rings (SSSR count). The molecule has 1 aromatic carbocycles. The minimum Gasteiger partial charge on any atom is -0.478 e. The summed E-state index contributed by atoms with van der Waals surface area (Å²) < 4.78 is 32.6. The molecule has 136 valence electrons. The molecule has 0 amide bonds. The van der Waals surface area contributed by atoms with Gasteiger partial charge in [-0.05, 0) is 43.7 Å². The molecule has 8 heteroatoms. The van der Waals surface area contributed by atoms with E-state index in [1.807, 2.05) is 6.92 Å². The maximum Gasteiger partial charge on any atom is 0.337 e. The molecule has 0 aliphatic rings. The van der Waals surface area contributed by atoms with Gasteiger partial charge >= 0.3 is 5.97 Å². The molecule has 7 nitrogen and oxygen atoms in total. The Hall–Kier alpha value is -2.32. The van der Waals surface area contributed by atoms with Gasteiger partial charge in [0.1, 0.15) is 5.76 Å². The fraction of sp³-hybridized carbons (Fsp3) is 0.353. The predicted octanol–water partition coefficient (Wildman–Crippen LogP) is 3.06. The van der Waals surface area contributed by atoms with Crippen LogP contribution in [-0.4, -0.2) is 25.5 Å². The Morgan fingerprint density at radius 3 is 2.68 bits per heavy atom. The van der Waals surface area contributed by atoms with Gasteiger partial charge in [-0.3, -0.25) is 0 Å². The molecule has 0 fully saturated rings. The second-order valence-electron chi connectivity index (χ2n) is 5.76. The molecule has 25 heavy (non-hydrogen) atoms. The van der Waals surface area contributed by atoms with Crippen molar-refractivity contribution in [3.8, 4) is 0 Å². The zero-order valence-corrected chi connectivity index (χ0v) is 15.0. The molecule has 1 heterocycles. The highest BCUT2D eigenvalue weighted by Gasteiger charge is 2.20. The first-order valence-electron chi connectivity index (χ1n) is 7.99. The molecule has 0 aliphatic carbocycles. The molecule has 1 atom stereocenters. The summed E-state index contributed by atoms with van der Waals surface area (Å²) in [6.07, 6.45) is 3.07. The lowest BCUT2D eigenvalue weighted by molar-refractivity contribution is 0.0697. The second kappa shape index (κ2) is 8.17. The molecule has 3 N–H and O–H groups in total. The van der Waals surface area contributed by atoms with Gasteiger partial charge in [0.25, 0.3) is 0 Å². The third kappa shape index (κ3) is 5.07. The van der Waals surface area contributed by atoms with E-state index >= 15 is 0 Å². The highest BCUT2D eigenvalue weighted by molar-refractivity contribution is 7.89. The van der Waals surface area contributed by atoms with Crippen molar-refractivity contribution in [2.45, 2.75) is 44.2 Å². The Morgan fingerprint density at radius 2 is 2.08 bits per heavy atom. The molecular weight excluding hydrogens is 344 g/mol. The molecule has 0 radical (unpaired) electrons. The zero-order valence-electron chi connectivity index (χ0n) is 14.2. The summed E-state index contributed by atoms with van der Waals surface area (Å²) in [5, 5.41) is 12.3. The van der Waals surface area contributed by atoms with Crippen molar-refractivity contribution in [3.63, 3.8) is 0 Å². The van der Waals surface area contributed by atoms with Crippen molar-refractivity contribution in [2.75, 3.05) is 5.32 Å². The molecule has 2 aromatic rings. The van der Waals surface area contributed by atoms with Crippen molar-refractivity contribution in [3.05, 3.63) is 47.9 Å². The lowest BCUT2D eigenvalue weighted by Crippen LogP contribution is -2.32. The van der Waals surface area contributed by atoms with Crippen LogP contribution in [0.1, 0.15) is 42.8 Å². The first kappa shape index (κ1) is 19.0. The SMILES string of the molecule is CCC[C@@H](C)NS(=O)(=O)c1ccc(NCc2ccco2)c(C(=O)O)c1. The maximum atomic E-state index is 12.4. The van der Waals surface area contributed by atoms with Crippen molar-refractivity contribution in [1.82, 2.24) is 4.72 Å². The number of aromatic carboxylic acids is 1. The number of nitrogens with one attached hydrogen (secondary N) is 2. The molecule has 0 unspecified atom stereocenters. The van der Waals surface area contributed by atoms with Crippen molar-refractivity contribution < 1.29 is 22.7 Å². The molecule has 1 aromatic heterocycles. The van der Waals surface area contributed by atoms with Gasteiger partial charge in [0.05, 0.1) is 23.3 Å². The largest absolute Gasteiger partial charge is 0.478 e. The van der Waals surface area contributed by atoms with Gasteiger partial charge < -0.3 is 14.8 Å². The van der Waals surface area contributed by atoms with Gasteiger partial charge in [-0.25, -0.2) is 17.9 Å². The Kier molecular flexibility index (Phi) is 6.22. The number of carbonyl (C=O) groups is 1. The smallest absolute Gasteiger partial charge is 0.337 e. The van der Waals surface area contributed by atoms with Crippen molar-refractivity contribution in [1.29, 1.82) is 0 Å². The van der Waals surface area contributed by atoms with E-state index in [0.29, 0.717) is 24.4 Å². The lowest BCUT2D eigenvalue weighted by atomic mass is 10.2. The van der Waals surface area contributed by atoms with E-state index in [4.69, 9.17) is 4.42 Å². The third-order valence-electron chi connectivity index (χ3n) is 3.64. The van der Waals surface area contributed by atoms with Gasteiger partial charge in [-0.2, -0.15) is 0 Å². The number of carboxylic acid groups (broad SMARTS) is 1.